The van der Waals surface area contributed by atoms with Crippen molar-refractivity contribution < 1.29 is 24.5 Å². The Morgan fingerprint density at radius 1 is 0.909 bits per heavy atom. The number of anilines is 2. The van der Waals surface area contributed by atoms with E-state index in [9.17, 15) is 9.59 Å². The van der Waals surface area contributed by atoms with Crippen molar-refractivity contribution >= 4 is 23.3 Å². The Labute approximate surface area is 125 Å². The number of carbonyl (C=O) groups is 2. The number of nitrogen functional groups attached to an aromatic ring is 2. The Kier molecular flexibility index (Phi) is 4.17. The number of hydrogen-bond donors (Lipinski definition) is 4. The Hall–Kier alpha value is -3.22. The molecule has 0 aliphatic carbocycles. The van der Waals surface area contributed by atoms with Crippen molar-refractivity contribution in [3.05, 3.63) is 42.5 Å². The van der Waals surface area contributed by atoms with Gasteiger partial charge in [0, 0.05) is 5.69 Å². The van der Waals surface area contributed by atoms with Gasteiger partial charge < -0.3 is 26.4 Å². The smallest absolute Gasteiger partial charge is 0.356 e. The van der Waals surface area contributed by atoms with Crippen LogP contribution in [0, 0.1) is 0 Å². The summed E-state index contributed by atoms with van der Waals surface area (Å²) in [7, 11) is 0. The molecular weight excluding hydrogens is 288 g/mol. The number of carboxylic acid groups (broad SMARTS) is 2. The quantitative estimate of drug-likeness (QED) is 0.484. The van der Waals surface area contributed by atoms with E-state index in [1.165, 1.54) is 12.1 Å². The number of hydrogen-bond acceptors (Lipinski definition) is 5. The average Bonchev–Trinajstić information content (AvgIpc) is 2.46. The van der Waals surface area contributed by atoms with E-state index in [1.54, 1.807) is 30.3 Å². The molecule has 0 heterocycles. The van der Waals surface area contributed by atoms with Gasteiger partial charge in [0.2, 0.25) is 0 Å². The van der Waals surface area contributed by atoms with Gasteiger partial charge in [0.1, 0.15) is 5.75 Å². The van der Waals surface area contributed by atoms with Gasteiger partial charge in [-0.3, -0.25) is 0 Å². The second-order valence-electron chi connectivity index (χ2n) is 4.55. The van der Waals surface area contributed by atoms with Crippen molar-refractivity contribution in [2.45, 2.75) is 6.10 Å². The molecule has 7 nitrogen and oxygen atoms in total. The van der Waals surface area contributed by atoms with E-state index in [0.29, 0.717) is 11.3 Å². The van der Waals surface area contributed by atoms with E-state index in [2.05, 4.69) is 0 Å². The minimum atomic E-state index is -2.02. The molecule has 0 bridgehead atoms. The minimum absolute atomic E-state index is 0.0101. The van der Waals surface area contributed by atoms with Gasteiger partial charge in [-0.25, -0.2) is 9.59 Å². The van der Waals surface area contributed by atoms with Gasteiger partial charge in [-0.1, -0.05) is 18.2 Å². The zero-order valence-corrected chi connectivity index (χ0v) is 11.4. The number of aliphatic carboxylic acids is 2. The molecule has 0 radical (unpaired) electrons. The number of rotatable bonds is 5. The number of benzene rings is 2. The number of carboxylic acids is 2. The number of ether oxygens (including phenoxy) is 1. The summed E-state index contributed by atoms with van der Waals surface area (Å²) < 4.78 is 5.01. The molecule has 0 saturated carbocycles. The summed E-state index contributed by atoms with van der Waals surface area (Å²) in [5, 5.41) is 17.7. The molecule has 22 heavy (non-hydrogen) atoms. The summed E-state index contributed by atoms with van der Waals surface area (Å²) in [5.41, 5.74) is 13.6. The van der Waals surface area contributed by atoms with Crippen molar-refractivity contribution in [3.63, 3.8) is 0 Å². The topological polar surface area (TPSA) is 136 Å². The van der Waals surface area contributed by atoms with E-state index in [-0.39, 0.29) is 11.4 Å². The van der Waals surface area contributed by atoms with E-state index >= 15 is 0 Å². The molecule has 0 unspecified atom stereocenters. The van der Waals surface area contributed by atoms with Crippen LogP contribution in [0.1, 0.15) is 0 Å². The first-order chi connectivity index (χ1) is 10.4. The van der Waals surface area contributed by atoms with Crippen LogP contribution in [-0.4, -0.2) is 28.3 Å². The van der Waals surface area contributed by atoms with Crippen molar-refractivity contribution in [3.8, 4) is 16.9 Å². The van der Waals surface area contributed by atoms with Gasteiger partial charge in [-0.2, -0.15) is 0 Å². The fourth-order valence-corrected chi connectivity index (χ4v) is 1.82. The van der Waals surface area contributed by atoms with Gasteiger partial charge in [0.05, 0.1) is 5.69 Å². The molecule has 0 amide bonds. The third kappa shape index (κ3) is 3.26. The summed E-state index contributed by atoms with van der Waals surface area (Å²) in [6.45, 7) is 0. The van der Waals surface area contributed by atoms with E-state index in [0.717, 1.165) is 5.56 Å². The van der Waals surface area contributed by atoms with E-state index in [1.807, 2.05) is 0 Å². The molecule has 2 rings (SSSR count). The van der Waals surface area contributed by atoms with Crippen LogP contribution in [0.25, 0.3) is 11.1 Å². The lowest BCUT2D eigenvalue weighted by molar-refractivity contribution is -0.158. The highest BCUT2D eigenvalue weighted by molar-refractivity contribution is 5.96. The molecule has 0 saturated heterocycles. The van der Waals surface area contributed by atoms with E-state index < -0.39 is 18.0 Å². The van der Waals surface area contributed by atoms with Gasteiger partial charge >= 0.3 is 11.9 Å². The zero-order valence-electron chi connectivity index (χ0n) is 11.4. The summed E-state index contributed by atoms with van der Waals surface area (Å²) in [6, 6.07) is 11.7. The SMILES string of the molecule is Nc1ccc(-c2ccc(N)c(OC(C(=O)O)C(=O)O)c2)cc1. The Morgan fingerprint density at radius 2 is 1.45 bits per heavy atom. The first-order valence-electron chi connectivity index (χ1n) is 6.26. The van der Waals surface area contributed by atoms with E-state index in [4.69, 9.17) is 26.4 Å². The lowest BCUT2D eigenvalue weighted by atomic mass is 10.0. The molecule has 7 heteroatoms. The molecule has 114 valence electrons. The molecule has 6 N–H and O–H groups in total. The largest absolute Gasteiger partial charge is 0.478 e. The summed E-state index contributed by atoms with van der Waals surface area (Å²) in [6.07, 6.45) is -2.02. The lowest BCUT2D eigenvalue weighted by Gasteiger charge is -2.14. The zero-order chi connectivity index (χ0) is 16.3. The molecule has 2 aromatic carbocycles. The van der Waals surface area contributed by atoms with Crippen molar-refractivity contribution in [1.29, 1.82) is 0 Å². The predicted octanol–water partition coefficient (Wildman–Crippen LogP) is 1.43. The molecule has 0 aliphatic heterocycles. The molecular formula is C15H14N2O5. The number of nitrogens with two attached hydrogens (primary N) is 2. The van der Waals surface area contributed by atoms with Gasteiger partial charge in [0.25, 0.3) is 6.10 Å². The van der Waals surface area contributed by atoms with Crippen molar-refractivity contribution in [2.24, 2.45) is 0 Å². The first kappa shape index (κ1) is 15.2. The highest BCUT2D eigenvalue weighted by atomic mass is 16.5. The molecule has 0 aliphatic rings. The fraction of sp³-hybridized carbons (Fsp3) is 0.0667. The maximum atomic E-state index is 10.9. The lowest BCUT2D eigenvalue weighted by Crippen LogP contribution is -2.35. The molecule has 2 aromatic rings. The highest BCUT2D eigenvalue weighted by Gasteiger charge is 2.28. The summed E-state index contributed by atoms with van der Waals surface area (Å²) in [4.78, 5) is 21.8. The van der Waals surface area contributed by atoms with Crippen LogP contribution in [0.3, 0.4) is 0 Å². The van der Waals surface area contributed by atoms with Crippen LogP contribution in [0.2, 0.25) is 0 Å². The first-order valence-corrected chi connectivity index (χ1v) is 6.26. The summed E-state index contributed by atoms with van der Waals surface area (Å²) >= 11 is 0. The maximum absolute atomic E-state index is 10.9. The Bertz CT molecular complexity index is 698. The van der Waals surface area contributed by atoms with Gasteiger partial charge in [0.15, 0.2) is 0 Å². The monoisotopic (exact) mass is 302 g/mol. The minimum Gasteiger partial charge on any atom is -0.478 e. The van der Waals surface area contributed by atoms with Crippen LogP contribution < -0.4 is 16.2 Å². The second-order valence-corrected chi connectivity index (χ2v) is 4.55. The third-order valence-electron chi connectivity index (χ3n) is 2.95. The predicted molar refractivity (Wildman–Crippen MR) is 80.4 cm³/mol. The van der Waals surface area contributed by atoms with Crippen molar-refractivity contribution in [1.82, 2.24) is 0 Å². The third-order valence-corrected chi connectivity index (χ3v) is 2.95. The highest BCUT2D eigenvalue weighted by Crippen LogP contribution is 2.30. The Morgan fingerprint density at radius 3 is 2.00 bits per heavy atom. The molecule has 0 spiro atoms. The molecule has 0 aromatic heterocycles. The second kappa shape index (κ2) is 6.04. The van der Waals surface area contributed by atoms with Gasteiger partial charge in [-0.05, 0) is 35.4 Å². The van der Waals surface area contributed by atoms with Crippen LogP contribution in [0.15, 0.2) is 42.5 Å². The van der Waals surface area contributed by atoms with Crippen LogP contribution in [0.5, 0.6) is 5.75 Å². The van der Waals surface area contributed by atoms with Crippen LogP contribution in [-0.2, 0) is 9.59 Å². The Balaban J connectivity index is 2.36. The van der Waals surface area contributed by atoms with Gasteiger partial charge in [-0.15, -0.1) is 0 Å². The normalized spacial score (nSPS) is 10.4. The standard InChI is InChI=1S/C15H14N2O5/c16-10-4-1-8(2-5-10)9-3-6-11(17)12(7-9)22-13(14(18)19)15(20)21/h1-7,13H,16-17H2,(H,18,19)(H,20,21). The van der Waals surface area contributed by atoms with Crippen LogP contribution in [0.4, 0.5) is 11.4 Å². The average molecular weight is 302 g/mol. The van der Waals surface area contributed by atoms with Crippen molar-refractivity contribution in [2.75, 3.05) is 11.5 Å². The van der Waals surface area contributed by atoms with Crippen LogP contribution >= 0.6 is 0 Å². The fourth-order valence-electron chi connectivity index (χ4n) is 1.82. The molecule has 0 atom stereocenters. The summed E-state index contributed by atoms with van der Waals surface area (Å²) in [5.74, 6) is -3.22. The molecule has 0 fully saturated rings. The maximum Gasteiger partial charge on any atom is 0.356 e.